The smallest absolute Gasteiger partial charge is 0.266 e. The molecule has 2 aromatic rings. The number of rotatable bonds is 1. The van der Waals surface area contributed by atoms with E-state index in [4.69, 9.17) is 10.8 Å². The summed E-state index contributed by atoms with van der Waals surface area (Å²) in [6.07, 6.45) is 4.10. The molecular weight excluding hydrogens is 250 g/mol. The number of carbonyl (C=O) groups is 1. The van der Waals surface area contributed by atoms with Crippen molar-refractivity contribution in [3.63, 3.8) is 0 Å². The summed E-state index contributed by atoms with van der Waals surface area (Å²) in [5.74, 6) is 5.17. The number of fused-ring (bicyclic) bond motifs is 2. The molecule has 0 spiro atoms. The predicted molar refractivity (Wildman–Crippen MR) is 79.5 cm³/mol. The minimum atomic E-state index is -0.209. The topological polar surface area (TPSA) is 68.0 Å². The average molecular weight is 269 g/mol. The van der Waals surface area contributed by atoms with Gasteiger partial charge in [0.2, 0.25) is 0 Å². The van der Waals surface area contributed by atoms with E-state index in [1.54, 1.807) is 0 Å². The highest BCUT2D eigenvalue weighted by Crippen LogP contribution is 2.31. The van der Waals surface area contributed by atoms with Crippen molar-refractivity contribution >= 4 is 16.8 Å². The number of amides is 1. The van der Waals surface area contributed by atoms with Crippen molar-refractivity contribution < 1.29 is 4.79 Å². The van der Waals surface area contributed by atoms with E-state index in [9.17, 15) is 4.79 Å². The van der Waals surface area contributed by atoms with Crippen molar-refractivity contribution in [2.75, 3.05) is 0 Å². The van der Waals surface area contributed by atoms with Gasteiger partial charge in [-0.05, 0) is 56.2 Å². The molecule has 3 N–H and O–H groups in total. The molecule has 0 aliphatic heterocycles. The van der Waals surface area contributed by atoms with Gasteiger partial charge in [0.1, 0.15) is 0 Å². The van der Waals surface area contributed by atoms with E-state index in [2.05, 4.69) is 19.3 Å². The Kier molecular flexibility index (Phi) is 3.18. The van der Waals surface area contributed by atoms with Crippen molar-refractivity contribution in [1.29, 1.82) is 0 Å². The monoisotopic (exact) mass is 269 g/mol. The molecule has 0 radical (unpaired) electrons. The highest BCUT2D eigenvalue weighted by Gasteiger charge is 2.22. The summed E-state index contributed by atoms with van der Waals surface area (Å²) in [5, 5.41) is 0.914. The zero-order valence-corrected chi connectivity index (χ0v) is 11.9. The van der Waals surface area contributed by atoms with Gasteiger partial charge < -0.3 is 0 Å². The first-order valence-corrected chi connectivity index (χ1v) is 7.06. The van der Waals surface area contributed by atoms with Gasteiger partial charge in [-0.15, -0.1) is 0 Å². The SMILES string of the molecule is Cc1ccc2c(C(=O)NN)c3c(nc2c1C)CCCC3. The molecule has 0 unspecified atom stereocenters. The lowest BCUT2D eigenvalue weighted by Crippen LogP contribution is -2.32. The Morgan fingerprint density at radius 3 is 2.75 bits per heavy atom. The standard InChI is InChI=1S/C16H19N3O/c1-9-7-8-12-14(16(20)19-17)11-5-3-4-6-13(11)18-15(12)10(9)2/h7-8H,3-6,17H2,1-2H3,(H,19,20). The van der Waals surface area contributed by atoms with Crippen LogP contribution in [0.1, 0.15) is 45.6 Å². The second-order valence-electron chi connectivity index (χ2n) is 5.50. The Bertz CT molecular complexity index is 707. The van der Waals surface area contributed by atoms with Crippen LogP contribution in [0.25, 0.3) is 10.9 Å². The number of nitrogens with one attached hydrogen (secondary N) is 1. The molecule has 1 aromatic carbocycles. The number of nitrogens with zero attached hydrogens (tertiary/aromatic N) is 1. The van der Waals surface area contributed by atoms with Crippen molar-refractivity contribution in [3.05, 3.63) is 40.1 Å². The number of aromatic nitrogens is 1. The number of pyridine rings is 1. The molecule has 1 heterocycles. The highest BCUT2D eigenvalue weighted by atomic mass is 16.2. The third-order valence-corrected chi connectivity index (χ3v) is 4.32. The summed E-state index contributed by atoms with van der Waals surface area (Å²) in [4.78, 5) is 17.1. The third kappa shape index (κ3) is 1.88. The summed E-state index contributed by atoms with van der Waals surface area (Å²) in [5.41, 5.74) is 8.42. The molecule has 3 rings (SSSR count). The van der Waals surface area contributed by atoms with E-state index in [-0.39, 0.29) is 5.91 Å². The maximum absolute atomic E-state index is 12.2. The van der Waals surface area contributed by atoms with Gasteiger partial charge >= 0.3 is 0 Å². The molecule has 0 saturated carbocycles. The van der Waals surface area contributed by atoms with Crippen LogP contribution in [0.2, 0.25) is 0 Å². The van der Waals surface area contributed by atoms with E-state index in [0.29, 0.717) is 0 Å². The summed E-state index contributed by atoms with van der Waals surface area (Å²) in [6.45, 7) is 4.13. The number of carbonyl (C=O) groups excluding carboxylic acids is 1. The first-order chi connectivity index (χ1) is 9.63. The van der Waals surface area contributed by atoms with Gasteiger partial charge in [0.05, 0.1) is 11.1 Å². The first-order valence-electron chi connectivity index (χ1n) is 7.06. The molecule has 4 heteroatoms. The normalized spacial score (nSPS) is 14.2. The lowest BCUT2D eigenvalue weighted by Gasteiger charge is -2.21. The van der Waals surface area contributed by atoms with Crippen LogP contribution in [0.5, 0.6) is 0 Å². The highest BCUT2D eigenvalue weighted by molar-refractivity contribution is 6.08. The molecule has 0 fully saturated rings. The van der Waals surface area contributed by atoms with Crippen molar-refractivity contribution in [2.24, 2.45) is 5.84 Å². The third-order valence-electron chi connectivity index (χ3n) is 4.32. The average Bonchev–Trinajstić information content (AvgIpc) is 2.48. The van der Waals surface area contributed by atoms with E-state index >= 15 is 0 Å². The van der Waals surface area contributed by atoms with Crippen LogP contribution in [0.15, 0.2) is 12.1 Å². The zero-order valence-electron chi connectivity index (χ0n) is 11.9. The van der Waals surface area contributed by atoms with Crippen LogP contribution in [-0.2, 0) is 12.8 Å². The maximum atomic E-state index is 12.2. The minimum absolute atomic E-state index is 0.209. The largest absolute Gasteiger partial charge is 0.290 e. The molecule has 0 saturated heterocycles. The number of nitrogens with two attached hydrogens (primary N) is 1. The number of nitrogen functional groups attached to an aromatic ring is 1. The molecule has 20 heavy (non-hydrogen) atoms. The lowest BCUT2D eigenvalue weighted by molar-refractivity contribution is 0.0954. The van der Waals surface area contributed by atoms with Gasteiger partial charge in [0.15, 0.2) is 0 Å². The predicted octanol–water partition coefficient (Wildman–Crippen LogP) is 2.33. The second-order valence-corrected chi connectivity index (χ2v) is 5.50. The van der Waals surface area contributed by atoms with Crippen LogP contribution >= 0.6 is 0 Å². The van der Waals surface area contributed by atoms with Crippen LogP contribution in [0.4, 0.5) is 0 Å². The number of hydrogen-bond donors (Lipinski definition) is 2. The van der Waals surface area contributed by atoms with Gasteiger partial charge in [0, 0.05) is 11.1 Å². The maximum Gasteiger partial charge on any atom is 0.266 e. The number of hydrazine groups is 1. The van der Waals surface area contributed by atoms with E-state index in [1.165, 1.54) is 5.56 Å². The minimum Gasteiger partial charge on any atom is -0.290 e. The molecule has 0 bridgehead atoms. The fourth-order valence-corrected chi connectivity index (χ4v) is 3.06. The van der Waals surface area contributed by atoms with Gasteiger partial charge in [0.25, 0.3) is 5.91 Å². The van der Waals surface area contributed by atoms with Crippen molar-refractivity contribution in [2.45, 2.75) is 39.5 Å². The Morgan fingerprint density at radius 1 is 1.25 bits per heavy atom. The number of benzene rings is 1. The summed E-state index contributed by atoms with van der Waals surface area (Å²) in [7, 11) is 0. The molecule has 104 valence electrons. The van der Waals surface area contributed by atoms with E-state index in [0.717, 1.165) is 59.0 Å². The van der Waals surface area contributed by atoms with Crippen LogP contribution in [-0.4, -0.2) is 10.9 Å². The van der Waals surface area contributed by atoms with Gasteiger partial charge in [-0.25, -0.2) is 5.84 Å². The number of aryl methyl sites for hydroxylation is 3. The Balaban J connectivity index is 2.42. The fourth-order valence-electron chi connectivity index (χ4n) is 3.06. The van der Waals surface area contributed by atoms with Gasteiger partial charge in [-0.1, -0.05) is 12.1 Å². The Hall–Kier alpha value is -1.94. The molecule has 1 aromatic heterocycles. The van der Waals surface area contributed by atoms with Crippen LogP contribution in [0, 0.1) is 13.8 Å². The zero-order chi connectivity index (χ0) is 14.3. The Morgan fingerprint density at radius 2 is 2.00 bits per heavy atom. The summed E-state index contributed by atoms with van der Waals surface area (Å²) >= 11 is 0. The van der Waals surface area contributed by atoms with E-state index < -0.39 is 0 Å². The molecular formula is C16H19N3O. The summed E-state index contributed by atoms with van der Waals surface area (Å²) in [6, 6.07) is 4.03. The quantitative estimate of drug-likeness (QED) is 0.474. The second kappa shape index (κ2) is 4.87. The number of hydrogen-bond acceptors (Lipinski definition) is 3. The van der Waals surface area contributed by atoms with Crippen LogP contribution < -0.4 is 11.3 Å². The van der Waals surface area contributed by atoms with Crippen molar-refractivity contribution in [3.8, 4) is 0 Å². The molecule has 1 aliphatic carbocycles. The summed E-state index contributed by atoms with van der Waals surface area (Å²) < 4.78 is 0. The molecule has 0 atom stereocenters. The molecule has 4 nitrogen and oxygen atoms in total. The fraction of sp³-hybridized carbons (Fsp3) is 0.375. The molecule has 1 aliphatic rings. The van der Waals surface area contributed by atoms with Crippen molar-refractivity contribution in [1.82, 2.24) is 10.4 Å². The Labute approximate surface area is 118 Å². The van der Waals surface area contributed by atoms with E-state index in [1.807, 2.05) is 12.1 Å². The van der Waals surface area contributed by atoms with Gasteiger partial charge in [-0.2, -0.15) is 0 Å². The lowest BCUT2D eigenvalue weighted by atomic mass is 9.88. The molecule has 1 amide bonds. The van der Waals surface area contributed by atoms with Crippen LogP contribution in [0.3, 0.4) is 0 Å². The van der Waals surface area contributed by atoms with Gasteiger partial charge in [-0.3, -0.25) is 15.2 Å². The first kappa shape index (κ1) is 13.1.